The number of halogens is 1. The molecule has 2 aromatic rings. The van der Waals surface area contributed by atoms with Crippen molar-refractivity contribution >= 4 is 18.3 Å². The first-order valence-electron chi connectivity index (χ1n) is 10.2. The molecular weight excluding hydrogens is 368 g/mol. The lowest BCUT2D eigenvalue weighted by Crippen LogP contribution is -2.45. The van der Waals surface area contributed by atoms with Crippen LogP contribution < -0.4 is 5.73 Å². The van der Waals surface area contributed by atoms with Gasteiger partial charge in [0.25, 0.3) is 0 Å². The largest absolute Gasteiger partial charge is 0.342 e. The van der Waals surface area contributed by atoms with Gasteiger partial charge in [-0.1, -0.05) is 60.7 Å². The van der Waals surface area contributed by atoms with Gasteiger partial charge in [-0.2, -0.15) is 0 Å². The molecule has 2 atom stereocenters. The predicted octanol–water partition coefficient (Wildman–Crippen LogP) is 4.49. The molecule has 1 amide bonds. The van der Waals surface area contributed by atoms with Gasteiger partial charge in [-0.3, -0.25) is 4.79 Å². The van der Waals surface area contributed by atoms with E-state index in [-0.39, 0.29) is 24.4 Å². The third-order valence-corrected chi connectivity index (χ3v) is 5.75. The highest BCUT2D eigenvalue weighted by atomic mass is 35.5. The molecule has 1 aliphatic heterocycles. The number of likely N-dealkylation sites (tertiary alicyclic amines) is 1. The van der Waals surface area contributed by atoms with E-state index in [1.54, 1.807) is 0 Å². The molecule has 0 saturated carbocycles. The third-order valence-electron chi connectivity index (χ3n) is 5.75. The summed E-state index contributed by atoms with van der Waals surface area (Å²) in [6.45, 7) is 3.76. The first-order valence-corrected chi connectivity index (χ1v) is 10.2. The van der Waals surface area contributed by atoms with Crippen LogP contribution in [0.15, 0.2) is 60.7 Å². The highest BCUT2D eigenvalue weighted by molar-refractivity contribution is 5.85. The number of hydrogen-bond donors (Lipinski definition) is 1. The van der Waals surface area contributed by atoms with Gasteiger partial charge in [0.1, 0.15) is 0 Å². The topological polar surface area (TPSA) is 46.3 Å². The molecule has 0 aliphatic carbocycles. The standard InChI is InChI=1S/C24H32N2O.ClH/c1-19(25)23-13-8-14-26(18-23)24(27)17-22(15-20-9-4-2-5-10-20)16-21-11-6-3-7-12-21;/h2-7,9-12,19,22-23H,8,13-18,25H2,1H3;1H. The maximum Gasteiger partial charge on any atom is 0.222 e. The number of amides is 1. The summed E-state index contributed by atoms with van der Waals surface area (Å²) < 4.78 is 0. The summed E-state index contributed by atoms with van der Waals surface area (Å²) in [6.07, 6.45) is 4.69. The molecule has 1 fully saturated rings. The van der Waals surface area contributed by atoms with Gasteiger partial charge >= 0.3 is 0 Å². The molecule has 28 heavy (non-hydrogen) atoms. The van der Waals surface area contributed by atoms with Crippen LogP contribution in [0.25, 0.3) is 0 Å². The van der Waals surface area contributed by atoms with Crippen LogP contribution in [-0.2, 0) is 17.6 Å². The zero-order valence-corrected chi connectivity index (χ0v) is 17.6. The van der Waals surface area contributed by atoms with Gasteiger partial charge in [0.05, 0.1) is 0 Å². The van der Waals surface area contributed by atoms with Gasteiger partial charge in [-0.15, -0.1) is 12.4 Å². The molecule has 3 nitrogen and oxygen atoms in total. The summed E-state index contributed by atoms with van der Waals surface area (Å²) in [5, 5.41) is 0. The second kappa shape index (κ2) is 11.2. The number of nitrogens with zero attached hydrogens (tertiary/aromatic N) is 1. The summed E-state index contributed by atoms with van der Waals surface area (Å²) in [5.41, 5.74) is 8.71. The van der Waals surface area contributed by atoms with Crippen molar-refractivity contribution < 1.29 is 4.79 Å². The lowest BCUT2D eigenvalue weighted by molar-refractivity contribution is -0.134. The molecule has 0 aromatic heterocycles. The maximum absolute atomic E-state index is 13.0. The Kier molecular flexibility index (Phi) is 9.01. The smallest absolute Gasteiger partial charge is 0.222 e. The summed E-state index contributed by atoms with van der Waals surface area (Å²) in [5.74, 6) is 1.04. The van der Waals surface area contributed by atoms with Crippen molar-refractivity contribution in [2.24, 2.45) is 17.6 Å². The molecular formula is C24H33ClN2O. The summed E-state index contributed by atoms with van der Waals surface area (Å²) in [4.78, 5) is 15.1. The van der Waals surface area contributed by atoms with Crippen LogP contribution in [0.4, 0.5) is 0 Å². The lowest BCUT2D eigenvalue weighted by atomic mass is 9.88. The molecule has 1 aliphatic rings. The molecule has 3 rings (SSSR count). The number of nitrogens with two attached hydrogens (primary N) is 1. The van der Waals surface area contributed by atoms with Crippen LogP contribution in [0.1, 0.15) is 37.3 Å². The fraction of sp³-hybridized carbons (Fsp3) is 0.458. The van der Waals surface area contributed by atoms with Crippen LogP contribution >= 0.6 is 12.4 Å². The average Bonchev–Trinajstić information content (AvgIpc) is 2.69. The van der Waals surface area contributed by atoms with Gasteiger partial charge in [0.15, 0.2) is 0 Å². The lowest BCUT2D eigenvalue weighted by Gasteiger charge is -2.35. The summed E-state index contributed by atoms with van der Waals surface area (Å²) in [6, 6.07) is 21.2. The van der Waals surface area contributed by atoms with Crippen molar-refractivity contribution in [3.8, 4) is 0 Å². The number of carbonyl (C=O) groups excluding carboxylic acids is 1. The minimum absolute atomic E-state index is 0. The molecule has 4 heteroatoms. The minimum Gasteiger partial charge on any atom is -0.342 e. The number of hydrogen-bond acceptors (Lipinski definition) is 2. The van der Waals surface area contributed by atoms with E-state index in [2.05, 4.69) is 60.4 Å². The van der Waals surface area contributed by atoms with Crippen LogP contribution in [-0.4, -0.2) is 29.9 Å². The Morgan fingerprint density at radius 3 is 2.07 bits per heavy atom. The normalized spacial score (nSPS) is 17.8. The van der Waals surface area contributed by atoms with Crippen LogP contribution in [0.5, 0.6) is 0 Å². The Balaban J connectivity index is 0.00000280. The number of rotatable bonds is 7. The fourth-order valence-corrected chi connectivity index (χ4v) is 4.15. The van der Waals surface area contributed by atoms with E-state index < -0.39 is 0 Å². The SMILES string of the molecule is CC(N)C1CCCN(C(=O)CC(Cc2ccccc2)Cc2ccccc2)C1.Cl. The summed E-state index contributed by atoms with van der Waals surface area (Å²) in [7, 11) is 0. The molecule has 1 saturated heterocycles. The van der Waals surface area contributed by atoms with E-state index in [1.807, 2.05) is 12.1 Å². The van der Waals surface area contributed by atoms with Gasteiger partial charge in [0, 0.05) is 25.6 Å². The van der Waals surface area contributed by atoms with Crippen molar-refractivity contribution in [2.75, 3.05) is 13.1 Å². The first-order chi connectivity index (χ1) is 13.1. The van der Waals surface area contributed by atoms with E-state index in [1.165, 1.54) is 11.1 Å². The number of piperidine rings is 1. The molecule has 1 heterocycles. The Morgan fingerprint density at radius 2 is 1.57 bits per heavy atom. The number of benzene rings is 2. The van der Waals surface area contributed by atoms with Crippen LogP contribution in [0, 0.1) is 11.8 Å². The van der Waals surface area contributed by atoms with Crippen molar-refractivity contribution in [1.29, 1.82) is 0 Å². The average molecular weight is 401 g/mol. The molecule has 2 N–H and O–H groups in total. The molecule has 0 spiro atoms. The molecule has 0 radical (unpaired) electrons. The highest BCUT2D eigenvalue weighted by Crippen LogP contribution is 2.23. The van der Waals surface area contributed by atoms with Crippen LogP contribution in [0.2, 0.25) is 0 Å². The number of carbonyl (C=O) groups is 1. The molecule has 2 unspecified atom stereocenters. The summed E-state index contributed by atoms with van der Waals surface area (Å²) >= 11 is 0. The van der Waals surface area contributed by atoms with Crippen molar-refractivity contribution in [1.82, 2.24) is 4.90 Å². The fourth-order valence-electron chi connectivity index (χ4n) is 4.15. The van der Waals surface area contributed by atoms with Gasteiger partial charge in [0.2, 0.25) is 5.91 Å². The molecule has 152 valence electrons. The van der Waals surface area contributed by atoms with E-state index in [4.69, 9.17) is 5.73 Å². The van der Waals surface area contributed by atoms with E-state index in [0.29, 0.717) is 18.3 Å². The van der Waals surface area contributed by atoms with Crippen molar-refractivity contribution in [3.05, 3.63) is 71.8 Å². The zero-order valence-electron chi connectivity index (χ0n) is 16.8. The van der Waals surface area contributed by atoms with Gasteiger partial charge < -0.3 is 10.6 Å². The minimum atomic E-state index is 0. The van der Waals surface area contributed by atoms with E-state index in [0.717, 1.165) is 38.8 Å². The Hall–Kier alpha value is -1.84. The quantitative estimate of drug-likeness (QED) is 0.744. The first kappa shape index (κ1) is 22.4. The van der Waals surface area contributed by atoms with E-state index in [9.17, 15) is 4.79 Å². The van der Waals surface area contributed by atoms with E-state index >= 15 is 0 Å². The van der Waals surface area contributed by atoms with Crippen molar-refractivity contribution in [3.63, 3.8) is 0 Å². The Bertz CT molecular complexity index is 664. The second-order valence-electron chi connectivity index (χ2n) is 8.05. The van der Waals surface area contributed by atoms with Gasteiger partial charge in [-0.25, -0.2) is 0 Å². The second-order valence-corrected chi connectivity index (χ2v) is 8.05. The van der Waals surface area contributed by atoms with Crippen molar-refractivity contribution in [2.45, 2.75) is 45.1 Å². The monoisotopic (exact) mass is 400 g/mol. The maximum atomic E-state index is 13.0. The molecule has 0 bridgehead atoms. The van der Waals surface area contributed by atoms with Crippen LogP contribution in [0.3, 0.4) is 0 Å². The predicted molar refractivity (Wildman–Crippen MR) is 119 cm³/mol. The Morgan fingerprint density at radius 1 is 1.04 bits per heavy atom. The van der Waals surface area contributed by atoms with Gasteiger partial charge in [-0.05, 0) is 55.6 Å². The molecule has 2 aromatic carbocycles. The Labute approximate surface area is 175 Å². The third kappa shape index (κ3) is 6.65. The highest BCUT2D eigenvalue weighted by Gasteiger charge is 2.27. The zero-order chi connectivity index (χ0) is 19.1.